The van der Waals surface area contributed by atoms with Gasteiger partial charge in [0, 0.05) is 0 Å². The Kier molecular flexibility index (Phi) is 4.17. The monoisotopic (exact) mass is 333 g/mol. The fourth-order valence-electron chi connectivity index (χ4n) is 2.01. The number of halogens is 1. The smallest absolute Gasteiger partial charge is 0.265 e. The van der Waals surface area contributed by atoms with Gasteiger partial charge in [-0.3, -0.25) is 9.89 Å². The number of thiazole rings is 1. The zero-order valence-electron chi connectivity index (χ0n) is 11.6. The first-order valence-electron chi connectivity index (χ1n) is 6.49. The highest BCUT2D eigenvalue weighted by molar-refractivity contribution is 7.12. The first kappa shape index (κ1) is 14.7. The number of aromatic amines is 1. The highest BCUT2D eigenvalue weighted by Gasteiger charge is 2.23. The van der Waals surface area contributed by atoms with E-state index >= 15 is 0 Å². The second kappa shape index (κ2) is 6.25. The number of hydrogen-bond acceptors (Lipinski definition) is 5. The Bertz CT molecular complexity index is 785. The number of nitrogens with one attached hydrogen (secondary N) is 2. The van der Waals surface area contributed by atoms with Crippen LogP contribution >= 0.6 is 22.9 Å². The van der Waals surface area contributed by atoms with Gasteiger partial charge in [-0.25, -0.2) is 9.97 Å². The molecule has 0 bridgehead atoms. The first-order chi connectivity index (χ1) is 10.6. The molecule has 0 spiro atoms. The molecule has 0 fully saturated rings. The van der Waals surface area contributed by atoms with E-state index < -0.39 is 6.04 Å². The number of carbonyl (C=O) groups excluding carboxylic acids is 1. The average Bonchev–Trinajstić information content (AvgIpc) is 3.14. The number of benzene rings is 1. The lowest BCUT2D eigenvalue weighted by Crippen LogP contribution is -2.29. The molecule has 8 heteroatoms. The molecule has 3 aromatic rings. The maximum absolute atomic E-state index is 12.4. The van der Waals surface area contributed by atoms with Crippen molar-refractivity contribution in [1.82, 2.24) is 25.5 Å². The molecule has 0 saturated heterocycles. The summed E-state index contributed by atoms with van der Waals surface area (Å²) in [5.41, 5.74) is 2.42. The standard InChI is InChI=1S/C14H12ClN5OS/c1-8-17-13(20-19-8)10(9-5-3-2-4-6-9)18-14(21)11-12(15)16-7-22-11/h2-7,10H,1H3,(H,18,21)(H,17,19,20)/t10-/m1/s1. The van der Waals surface area contributed by atoms with E-state index in [1.807, 2.05) is 30.3 Å². The topological polar surface area (TPSA) is 83.6 Å². The summed E-state index contributed by atoms with van der Waals surface area (Å²) in [5, 5.41) is 10.0. The van der Waals surface area contributed by atoms with Crippen LogP contribution in [0.4, 0.5) is 0 Å². The van der Waals surface area contributed by atoms with Crippen LogP contribution in [0.25, 0.3) is 0 Å². The van der Waals surface area contributed by atoms with Crippen molar-refractivity contribution >= 4 is 28.8 Å². The number of carbonyl (C=O) groups is 1. The van der Waals surface area contributed by atoms with Gasteiger partial charge in [0.05, 0.1) is 5.51 Å². The summed E-state index contributed by atoms with van der Waals surface area (Å²) in [4.78, 5) is 21.0. The minimum Gasteiger partial charge on any atom is -0.337 e. The van der Waals surface area contributed by atoms with Gasteiger partial charge in [0.15, 0.2) is 11.0 Å². The summed E-state index contributed by atoms with van der Waals surface area (Å²) in [6.07, 6.45) is 0. The van der Waals surface area contributed by atoms with E-state index in [0.717, 1.165) is 5.56 Å². The summed E-state index contributed by atoms with van der Waals surface area (Å²) in [7, 11) is 0. The third-order valence-electron chi connectivity index (χ3n) is 3.01. The fraction of sp³-hybridized carbons (Fsp3) is 0.143. The van der Waals surface area contributed by atoms with Crippen molar-refractivity contribution < 1.29 is 4.79 Å². The van der Waals surface area contributed by atoms with Gasteiger partial charge < -0.3 is 5.32 Å². The first-order valence-corrected chi connectivity index (χ1v) is 7.74. The quantitative estimate of drug-likeness (QED) is 0.769. The Balaban J connectivity index is 1.93. The maximum Gasteiger partial charge on any atom is 0.265 e. The predicted molar refractivity (Wildman–Crippen MR) is 84.0 cm³/mol. The summed E-state index contributed by atoms with van der Waals surface area (Å²) in [5.74, 6) is 0.877. The summed E-state index contributed by atoms with van der Waals surface area (Å²) in [6, 6.07) is 9.06. The van der Waals surface area contributed by atoms with Crippen molar-refractivity contribution in [3.8, 4) is 0 Å². The van der Waals surface area contributed by atoms with Crippen LogP contribution < -0.4 is 5.32 Å². The van der Waals surface area contributed by atoms with E-state index in [2.05, 4.69) is 25.5 Å². The molecule has 22 heavy (non-hydrogen) atoms. The van der Waals surface area contributed by atoms with Crippen molar-refractivity contribution in [3.05, 3.63) is 63.1 Å². The number of H-pyrrole nitrogens is 1. The summed E-state index contributed by atoms with van der Waals surface area (Å²) >= 11 is 7.11. The summed E-state index contributed by atoms with van der Waals surface area (Å²) in [6.45, 7) is 1.81. The Morgan fingerprint density at radius 1 is 1.36 bits per heavy atom. The number of hydrogen-bond donors (Lipinski definition) is 2. The largest absolute Gasteiger partial charge is 0.337 e. The lowest BCUT2D eigenvalue weighted by molar-refractivity contribution is 0.0945. The van der Waals surface area contributed by atoms with Crippen molar-refractivity contribution in [2.75, 3.05) is 0 Å². The van der Waals surface area contributed by atoms with Gasteiger partial charge in [0.1, 0.15) is 16.7 Å². The Morgan fingerprint density at radius 2 is 2.14 bits per heavy atom. The van der Waals surface area contributed by atoms with Crippen molar-refractivity contribution in [1.29, 1.82) is 0 Å². The number of aryl methyl sites for hydroxylation is 1. The molecule has 6 nitrogen and oxygen atoms in total. The van der Waals surface area contributed by atoms with E-state index in [1.54, 1.807) is 6.92 Å². The third kappa shape index (κ3) is 3.00. The van der Waals surface area contributed by atoms with Crippen LogP contribution in [0.2, 0.25) is 5.15 Å². The van der Waals surface area contributed by atoms with Gasteiger partial charge >= 0.3 is 0 Å². The van der Waals surface area contributed by atoms with Crippen LogP contribution in [-0.4, -0.2) is 26.1 Å². The Hall–Kier alpha value is -2.25. The molecule has 112 valence electrons. The Morgan fingerprint density at radius 3 is 2.73 bits per heavy atom. The predicted octanol–water partition coefficient (Wildman–Crippen LogP) is 2.74. The van der Waals surface area contributed by atoms with Gasteiger partial charge in [-0.1, -0.05) is 41.9 Å². The van der Waals surface area contributed by atoms with E-state index in [-0.39, 0.29) is 11.1 Å². The average molecular weight is 334 g/mol. The molecule has 0 aliphatic rings. The van der Waals surface area contributed by atoms with Crippen LogP contribution in [0.5, 0.6) is 0 Å². The van der Waals surface area contributed by atoms with E-state index in [1.165, 1.54) is 16.8 Å². The molecule has 2 N–H and O–H groups in total. The minimum absolute atomic E-state index is 0.195. The minimum atomic E-state index is -0.461. The summed E-state index contributed by atoms with van der Waals surface area (Å²) < 4.78 is 0. The van der Waals surface area contributed by atoms with Crippen molar-refractivity contribution in [3.63, 3.8) is 0 Å². The number of rotatable bonds is 4. The SMILES string of the molecule is Cc1nc([C@H](NC(=O)c2scnc2Cl)c2ccccc2)n[nH]1. The Labute approximate surface area is 135 Å². The highest BCUT2D eigenvalue weighted by atomic mass is 35.5. The second-order valence-corrected chi connectivity index (χ2v) is 5.78. The number of nitrogens with zero attached hydrogens (tertiary/aromatic N) is 3. The highest BCUT2D eigenvalue weighted by Crippen LogP contribution is 2.23. The molecule has 1 amide bonds. The van der Waals surface area contributed by atoms with E-state index in [9.17, 15) is 4.79 Å². The molecular weight excluding hydrogens is 322 g/mol. The molecule has 2 aromatic heterocycles. The van der Waals surface area contributed by atoms with Gasteiger partial charge in [0.25, 0.3) is 5.91 Å². The zero-order chi connectivity index (χ0) is 15.5. The molecule has 0 unspecified atom stereocenters. The lowest BCUT2D eigenvalue weighted by Gasteiger charge is -2.15. The van der Waals surface area contributed by atoms with Crippen LogP contribution in [0, 0.1) is 6.92 Å². The molecule has 1 aromatic carbocycles. The van der Waals surface area contributed by atoms with Crippen LogP contribution in [-0.2, 0) is 0 Å². The van der Waals surface area contributed by atoms with Gasteiger partial charge in [-0.15, -0.1) is 11.3 Å². The zero-order valence-corrected chi connectivity index (χ0v) is 13.1. The van der Waals surface area contributed by atoms with Gasteiger partial charge in [-0.05, 0) is 12.5 Å². The van der Waals surface area contributed by atoms with Crippen molar-refractivity contribution in [2.24, 2.45) is 0 Å². The molecule has 2 heterocycles. The van der Waals surface area contributed by atoms with Crippen LogP contribution in [0.15, 0.2) is 35.8 Å². The molecule has 1 atom stereocenters. The molecule has 0 aliphatic carbocycles. The second-order valence-electron chi connectivity index (χ2n) is 4.57. The number of amides is 1. The molecule has 0 aliphatic heterocycles. The van der Waals surface area contributed by atoms with E-state index in [0.29, 0.717) is 16.5 Å². The van der Waals surface area contributed by atoms with Crippen LogP contribution in [0.1, 0.15) is 32.9 Å². The molecular formula is C14H12ClN5OS. The fourth-order valence-corrected chi connectivity index (χ4v) is 2.91. The molecule has 3 rings (SSSR count). The number of aromatic nitrogens is 4. The normalized spacial score (nSPS) is 12.1. The molecule has 0 radical (unpaired) electrons. The molecule has 0 saturated carbocycles. The lowest BCUT2D eigenvalue weighted by atomic mass is 10.1. The van der Waals surface area contributed by atoms with Gasteiger partial charge in [0.2, 0.25) is 0 Å². The maximum atomic E-state index is 12.4. The van der Waals surface area contributed by atoms with Gasteiger partial charge in [-0.2, -0.15) is 5.10 Å². The van der Waals surface area contributed by atoms with Crippen LogP contribution in [0.3, 0.4) is 0 Å². The van der Waals surface area contributed by atoms with Crippen molar-refractivity contribution in [2.45, 2.75) is 13.0 Å². The van der Waals surface area contributed by atoms with E-state index in [4.69, 9.17) is 11.6 Å². The third-order valence-corrected chi connectivity index (χ3v) is 4.24.